The topological polar surface area (TPSA) is 45.9 Å². The Kier molecular flexibility index (Phi) is 4.12. The molecule has 0 aliphatic carbocycles. The van der Waals surface area contributed by atoms with Crippen molar-refractivity contribution >= 4 is 5.91 Å². The molecule has 0 bridgehead atoms. The molecule has 1 fully saturated rings. The van der Waals surface area contributed by atoms with Crippen molar-refractivity contribution in [3.05, 3.63) is 59.5 Å². The summed E-state index contributed by atoms with van der Waals surface area (Å²) in [6, 6.07) is 11.9. The lowest BCUT2D eigenvalue weighted by Crippen LogP contribution is -2.54. The molecule has 1 saturated heterocycles. The molecular formula is C19H22N2O3. The lowest BCUT2D eigenvalue weighted by atomic mass is 9.93. The molecule has 0 N–H and O–H groups in total. The van der Waals surface area contributed by atoms with Crippen LogP contribution in [-0.2, 0) is 11.2 Å². The van der Waals surface area contributed by atoms with E-state index in [9.17, 15) is 4.79 Å². The molecule has 126 valence electrons. The van der Waals surface area contributed by atoms with Crippen LogP contribution in [0, 0.1) is 0 Å². The van der Waals surface area contributed by atoms with Crippen molar-refractivity contribution < 1.29 is 13.9 Å². The quantitative estimate of drug-likeness (QED) is 0.866. The molecule has 1 aromatic carbocycles. The Balaban J connectivity index is 1.75. The second kappa shape index (κ2) is 6.42. The van der Waals surface area contributed by atoms with E-state index in [0.29, 0.717) is 6.61 Å². The zero-order valence-corrected chi connectivity index (χ0v) is 13.9. The fourth-order valence-electron chi connectivity index (χ4n) is 3.93. The second-order valence-corrected chi connectivity index (χ2v) is 6.46. The summed E-state index contributed by atoms with van der Waals surface area (Å²) in [4.78, 5) is 13.3. The fourth-order valence-corrected chi connectivity index (χ4v) is 3.93. The van der Waals surface area contributed by atoms with E-state index in [1.807, 2.05) is 41.4 Å². The predicted octanol–water partition coefficient (Wildman–Crippen LogP) is 3.05. The van der Waals surface area contributed by atoms with Gasteiger partial charge >= 0.3 is 0 Å². The fraction of sp³-hybridized carbons (Fsp3) is 0.421. The number of amides is 1. The third kappa shape index (κ3) is 2.54. The highest BCUT2D eigenvalue weighted by Crippen LogP contribution is 2.37. The minimum atomic E-state index is -0.0974. The monoisotopic (exact) mass is 326 g/mol. The molecule has 24 heavy (non-hydrogen) atoms. The van der Waals surface area contributed by atoms with Gasteiger partial charge in [0, 0.05) is 25.6 Å². The van der Waals surface area contributed by atoms with Gasteiger partial charge in [-0.2, -0.15) is 0 Å². The van der Waals surface area contributed by atoms with E-state index >= 15 is 0 Å². The first kappa shape index (κ1) is 15.4. The summed E-state index contributed by atoms with van der Waals surface area (Å²) in [5.41, 5.74) is 1.88. The normalized spacial score (nSPS) is 24.4. The molecule has 2 aliphatic rings. The van der Waals surface area contributed by atoms with Crippen LogP contribution in [0.2, 0.25) is 0 Å². The van der Waals surface area contributed by atoms with Crippen LogP contribution in [0.25, 0.3) is 0 Å². The largest absolute Gasteiger partial charge is 0.467 e. The average molecular weight is 326 g/mol. The molecule has 5 heteroatoms. The van der Waals surface area contributed by atoms with Gasteiger partial charge in [-0.1, -0.05) is 18.2 Å². The molecule has 2 aliphatic heterocycles. The number of rotatable bonds is 4. The third-order valence-corrected chi connectivity index (χ3v) is 5.02. The third-order valence-electron chi connectivity index (χ3n) is 5.02. The first-order chi connectivity index (χ1) is 11.8. The Bertz CT molecular complexity index is 713. The van der Waals surface area contributed by atoms with E-state index in [0.717, 1.165) is 42.7 Å². The summed E-state index contributed by atoms with van der Waals surface area (Å²) in [6.45, 7) is 1.51. The van der Waals surface area contributed by atoms with Crippen molar-refractivity contribution in [2.24, 2.45) is 0 Å². The SMILES string of the molecule is COC[C@H]1CCCN1N1C(=O)c2ccccc2C[C@H]1c1ccco1. The number of hydrogen-bond acceptors (Lipinski definition) is 4. The summed E-state index contributed by atoms with van der Waals surface area (Å²) in [5.74, 6) is 0.891. The van der Waals surface area contributed by atoms with Gasteiger partial charge in [-0.15, -0.1) is 0 Å². The van der Waals surface area contributed by atoms with Gasteiger partial charge in [0.1, 0.15) is 11.8 Å². The minimum absolute atomic E-state index is 0.0567. The highest BCUT2D eigenvalue weighted by Gasteiger charge is 2.42. The zero-order valence-electron chi connectivity index (χ0n) is 13.9. The maximum Gasteiger partial charge on any atom is 0.269 e. The van der Waals surface area contributed by atoms with Crippen LogP contribution in [0.5, 0.6) is 0 Å². The predicted molar refractivity (Wildman–Crippen MR) is 89.4 cm³/mol. The zero-order chi connectivity index (χ0) is 16.5. The van der Waals surface area contributed by atoms with Crippen LogP contribution in [0.4, 0.5) is 0 Å². The average Bonchev–Trinajstić information content (AvgIpc) is 3.27. The first-order valence-corrected chi connectivity index (χ1v) is 8.50. The van der Waals surface area contributed by atoms with E-state index in [-0.39, 0.29) is 18.0 Å². The number of furan rings is 1. The summed E-state index contributed by atoms with van der Waals surface area (Å²) in [6.07, 6.45) is 4.56. The number of carbonyl (C=O) groups excluding carboxylic acids is 1. The van der Waals surface area contributed by atoms with Gasteiger partial charge in [0.15, 0.2) is 0 Å². The summed E-state index contributed by atoms with van der Waals surface area (Å²) < 4.78 is 11.0. The van der Waals surface area contributed by atoms with Crippen molar-refractivity contribution in [1.29, 1.82) is 0 Å². The minimum Gasteiger partial charge on any atom is -0.467 e. The first-order valence-electron chi connectivity index (χ1n) is 8.50. The highest BCUT2D eigenvalue weighted by molar-refractivity contribution is 5.96. The van der Waals surface area contributed by atoms with Gasteiger partial charge in [0.05, 0.1) is 18.9 Å². The number of benzene rings is 1. The number of hydrogen-bond donors (Lipinski definition) is 0. The molecule has 0 radical (unpaired) electrons. The molecule has 0 spiro atoms. The number of ether oxygens (including phenoxy) is 1. The van der Waals surface area contributed by atoms with Crippen molar-refractivity contribution in [2.75, 3.05) is 20.3 Å². The number of methoxy groups -OCH3 is 1. The Hall–Kier alpha value is -2.11. The van der Waals surface area contributed by atoms with Gasteiger partial charge in [-0.3, -0.25) is 9.80 Å². The standard InChI is InChI=1S/C19H22N2O3/c1-23-13-15-7-4-10-20(15)21-17(18-9-5-11-24-18)12-14-6-2-3-8-16(14)19(21)22/h2-3,5-6,8-9,11,15,17H,4,7,10,12-13H2,1H3/t15-,17+/m1/s1. The number of carbonyl (C=O) groups is 1. The molecule has 0 saturated carbocycles. The summed E-state index contributed by atoms with van der Waals surface area (Å²) in [7, 11) is 1.72. The van der Waals surface area contributed by atoms with Crippen molar-refractivity contribution in [3.8, 4) is 0 Å². The maximum atomic E-state index is 13.3. The molecule has 1 amide bonds. The van der Waals surface area contributed by atoms with E-state index in [4.69, 9.17) is 9.15 Å². The van der Waals surface area contributed by atoms with Crippen molar-refractivity contribution in [1.82, 2.24) is 10.0 Å². The molecule has 1 aromatic heterocycles. The van der Waals surface area contributed by atoms with E-state index < -0.39 is 0 Å². The molecular weight excluding hydrogens is 304 g/mol. The van der Waals surface area contributed by atoms with Crippen LogP contribution in [-0.4, -0.2) is 42.2 Å². The van der Waals surface area contributed by atoms with Gasteiger partial charge in [-0.25, -0.2) is 5.01 Å². The molecule has 5 nitrogen and oxygen atoms in total. The molecule has 2 atom stereocenters. The van der Waals surface area contributed by atoms with Gasteiger partial charge in [0.2, 0.25) is 0 Å². The number of fused-ring (bicyclic) bond motifs is 1. The van der Waals surface area contributed by atoms with E-state index in [1.165, 1.54) is 0 Å². The van der Waals surface area contributed by atoms with Crippen molar-refractivity contribution in [3.63, 3.8) is 0 Å². The molecule has 4 rings (SSSR count). The summed E-state index contributed by atoms with van der Waals surface area (Å²) in [5, 5.41) is 4.10. The van der Waals surface area contributed by atoms with Crippen molar-refractivity contribution in [2.45, 2.75) is 31.3 Å². The second-order valence-electron chi connectivity index (χ2n) is 6.46. The highest BCUT2D eigenvalue weighted by atomic mass is 16.5. The Morgan fingerprint density at radius 3 is 2.92 bits per heavy atom. The molecule has 2 aromatic rings. The van der Waals surface area contributed by atoms with Gasteiger partial charge in [-0.05, 0) is 36.6 Å². The lowest BCUT2D eigenvalue weighted by Gasteiger charge is -2.43. The lowest BCUT2D eigenvalue weighted by molar-refractivity contribution is -0.0679. The molecule has 0 unspecified atom stereocenters. The molecule has 3 heterocycles. The number of hydrazine groups is 1. The van der Waals surface area contributed by atoms with Crippen LogP contribution < -0.4 is 0 Å². The Morgan fingerprint density at radius 1 is 1.25 bits per heavy atom. The van der Waals surface area contributed by atoms with E-state index in [1.54, 1.807) is 13.4 Å². The Morgan fingerprint density at radius 2 is 2.12 bits per heavy atom. The number of nitrogens with zero attached hydrogens (tertiary/aromatic N) is 2. The van der Waals surface area contributed by atoms with Crippen LogP contribution in [0.1, 0.15) is 40.6 Å². The summed E-state index contributed by atoms with van der Waals surface area (Å²) >= 11 is 0. The van der Waals surface area contributed by atoms with Crippen LogP contribution >= 0.6 is 0 Å². The van der Waals surface area contributed by atoms with Crippen LogP contribution in [0.15, 0.2) is 47.1 Å². The Labute approximate surface area is 141 Å². The maximum absolute atomic E-state index is 13.3. The van der Waals surface area contributed by atoms with Gasteiger partial charge < -0.3 is 9.15 Å². The smallest absolute Gasteiger partial charge is 0.269 e. The van der Waals surface area contributed by atoms with Crippen LogP contribution in [0.3, 0.4) is 0 Å². The van der Waals surface area contributed by atoms with E-state index in [2.05, 4.69) is 5.01 Å². The van der Waals surface area contributed by atoms with Gasteiger partial charge in [0.25, 0.3) is 5.91 Å².